The van der Waals surface area contributed by atoms with Crippen molar-refractivity contribution in [3.05, 3.63) is 17.7 Å². The molecule has 1 aromatic heterocycles. The molecule has 0 aromatic carbocycles. The Labute approximate surface area is 97.3 Å². The lowest BCUT2D eigenvalue weighted by Crippen LogP contribution is -2.27. The molecule has 3 nitrogen and oxygen atoms in total. The van der Waals surface area contributed by atoms with Crippen LogP contribution in [-0.2, 0) is 6.42 Å². The van der Waals surface area contributed by atoms with Crippen LogP contribution in [0.3, 0.4) is 0 Å². The van der Waals surface area contributed by atoms with E-state index in [4.69, 9.17) is 4.98 Å². The molecule has 1 fully saturated rings. The lowest BCUT2D eigenvalue weighted by Gasteiger charge is -2.18. The van der Waals surface area contributed by atoms with Crippen LogP contribution in [0.4, 0.5) is 5.82 Å². The highest BCUT2D eigenvalue weighted by Gasteiger charge is 2.18. The number of pyridine rings is 1. The Hall–Kier alpha value is -1.03. The maximum Gasteiger partial charge on any atom is 0.186 e. The molecule has 0 aliphatic carbocycles. The molecular weight excluding hydrogens is 197 g/mol. The highest BCUT2D eigenvalue weighted by molar-refractivity contribution is 6.54. The van der Waals surface area contributed by atoms with Gasteiger partial charge in [0.2, 0.25) is 0 Å². The summed E-state index contributed by atoms with van der Waals surface area (Å²) in [6.45, 7) is 3.41. The van der Waals surface area contributed by atoms with Crippen molar-refractivity contribution in [1.82, 2.24) is 10.3 Å². The average Bonchev–Trinajstić information content (AvgIpc) is 2.82. The van der Waals surface area contributed by atoms with Crippen molar-refractivity contribution in [2.75, 3.05) is 25.0 Å². The Morgan fingerprint density at radius 3 is 3.19 bits per heavy atom. The zero-order chi connectivity index (χ0) is 10.8. The van der Waals surface area contributed by atoms with E-state index in [1.54, 1.807) is 0 Å². The van der Waals surface area contributed by atoms with Gasteiger partial charge < -0.3 is 10.6 Å². The third-order valence-electron chi connectivity index (χ3n) is 3.61. The predicted molar refractivity (Wildman–Crippen MR) is 69.1 cm³/mol. The highest BCUT2D eigenvalue weighted by atomic mass is 15.0. The van der Waals surface area contributed by atoms with Crippen molar-refractivity contribution in [2.24, 2.45) is 0 Å². The van der Waals surface area contributed by atoms with E-state index in [1.165, 1.54) is 37.0 Å². The smallest absolute Gasteiger partial charge is 0.186 e. The van der Waals surface area contributed by atoms with Crippen LogP contribution in [0.2, 0.25) is 5.82 Å². The summed E-state index contributed by atoms with van der Waals surface area (Å²) in [7, 11) is 1.13. The van der Waals surface area contributed by atoms with Gasteiger partial charge in [0.1, 0.15) is 5.82 Å². The normalized spacial score (nSPS) is 23.6. The van der Waals surface area contributed by atoms with Gasteiger partial charge in [-0.3, -0.25) is 0 Å². The third kappa shape index (κ3) is 2.07. The summed E-state index contributed by atoms with van der Waals surface area (Å²) in [6.07, 6.45) is 3.72. The highest BCUT2D eigenvalue weighted by Crippen LogP contribution is 2.18. The van der Waals surface area contributed by atoms with Gasteiger partial charge in [-0.25, -0.2) is 4.98 Å². The van der Waals surface area contributed by atoms with Gasteiger partial charge in [-0.05, 0) is 49.8 Å². The molecule has 16 heavy (non-hydrogen) atoms. The Bertz CT molecular complexity index is 375. The van der Waals surface area contributed by atoms with E-state index in [1.807, 2.05) is 0 Å². The van der Waals surface area contributed by atoms with E-state index >= 15 is 0 Å². The summed E-state index contributed by atoms with van der Waals surface area (Å²) in [4.78, 5) is 4.74. The van der Waals surface area contributed by atoms with Crippen LogP contribution in [0.25, 0.3) is 0 Å². The van der Waals surface area contributed by atoms with Crippen LogP contribution in [-0.4, -0.2) is 31.9 Å². The summed E-state index contributed by atoms with van der Waals surface area (Å²) in [5, 5.41) is 6.81. The average molecular weight is 215 g/mol. The molecule has 0 amide bonds. The maximum absolute atomic E-state index is 4.74. The fraction of sp³-hybridized carbons (Fsp3) is 0.583. The van der Waals surface area contributed by atoms with Gasteiger partial charge in [-0.15, -0.1) is 0 Å². The number of nitrogens with zero attached hydrogens (tertiary/aromatic N) is 1. The van der Waals surface area contributed by atoms with Gasteiger partial charge in [-0.2, -0.15) is 0 Å². The number of aromatic nitrogens is 1. The molecule has 0 bridgehead atoms. The first-order chi connectivity index (χ1) is 7.92. The zero-order valence-corrected chi connectivity index (χ0v) is 9.63. The minimum Gasteiger partial charge on any atom is -0.370 e. The molecule has 84 valence electrons. The summed E-state index contributed by atoms with van der Waals surface area (Å²) in [5.74, 6) is 1.92. The topological polar surface area (TPSA) is 37.0 Å². The zero-order valence-electron chi connectivity index (χ0n) is 9.63. The number of anilines is 1. The number of hydrogen-bond donors (Lipinski definition) is 2. The van der Waals surface area contributed by atoms with Crippen LogP contribution in [0, 0.1) is 0 Å². The first-order valence-electron chi connectivity index (χ1n) is 6.35. The number of rotatable bonds is 2. The van der Waals surface area contributed by atoms with Gasteiger partial charge >= 0.3 is 0 Å². The van der Waals surface area contributed by atoms with Crippen molar-refractivity contribution in [3.8, 4) is 0 Å². The molecule has 2 N–H and O–H groups in total. The Morgan fingerprint density at radius 1 is 1.31 bits per heavy atom. The van der Waals surface area contributed by atoms with E-state index in [0.717, 1.165) is 32.0 Å². The summed E-state index contributed by atoms with van der Waals surface area (Å²) < 4.78 is 0. The molecular formula is C12H18BN3. The second kappa shape index (κ2) is 4.46. The second-order valence-corrected chi connectivity index (χ2v) is 4.90. The van der Waals surface area contributed by atoms with Crippen molar-refractivity contribution in [2.45, 2.75) is 25.1 Å². The minimum atomic E-state index is 0.786. The number of hydrogen-bond acceptors (Lipinski definition) is 3. The van der Waals surface area contributed by atoms with Gasteiger partial charge in [0, 0.05) is 12.1 Å². The van der Waals surface area contributed by atoms with E-state index < -0.39 is 0 Å². The number of aryl methyl sites for hydroxylation is 1. The largest absolute Gasteiger partial charge is 0.370 e. The van der Waals surface area contributed by atoms with Crippen LogP contribution in [0.15, 0.2) is 12.1 Å². The van der Waals surface area contributed by atoms with Crippen LogP contribution < -0.4 is 16.2 Å². The van der Waals surface area contributed by atoms with Crippen LogP contribution >= 0.6 is 0 Å². The summed E-state index contributed by atoms with van der Waals surface area (Å²) in [6, 6.07) is 4.47. The van der Waals surface area contributed by atoms with Crippen LogP contribution in [0.5, 0.6) is 0 Å². The lowest BCUT2D eigenvalue weighted by atomic mass is 9.61. The standard InChI is InChI=1S/C12H18BN3/c1-2-9-3-4-11(16-12(9)15-6-1)13-10-5-7-14-8-10/h3-4,10,13-14H,1-2,5-8H2,(H,15,16). The molecule has 1 saturated heterocycles. The molecule has 1 unspecified atom stereocenters. The van der Waals surface area contributed by atoms with Gasteiger partial charge in [0.05, 0.1) is 0 Å². The minimum absolute atomic E-state index is 0.786. The molecule has 1 atom stereocenters. The predicted octanol–water partition coefficient (Wildman–Crippen LogP) is 0.283. The Morgan fingerprint density at radius 2 is 2.31 bits per heavy atom. The van der Waals surface area contributed by atoms with Crippen molar-refractivity contribution >= 4 is 18.7 Å². The monoisotopic (exact) mass is 215 g/mol. The van der Waals surface area contributed by atoms with Crippen molar-refractivity contribution in [1.29, 1.82) is 0 Å². The molecule has 0 saturated carbocycles. The molecule has 0 radical (unpaired) electrons. The third-order valence-corrected chi connectivity index (χ3v) is 3.61. The van der Waals surface area contributed by atoms with Crippen molar-refractivity contribution in [3.63, 3.8) is 0 Å². The molecule has 2 aliphatic heterocycles. The second-order valence-electron chi connectivity index (χ2n) is 4.90. The van der Waals surface area contributed by atoms with E-state index in [-0.39, 0.29) is 0 Å². The van der Waals surface area contributed by atoms with E-state index in [9.17, 15) is 0 Å². The quantitative estimate of drug-likeness (QED) is 0.696. The van der Waals surface area contributed by atoms with Gasteiger partial charge in [-0.1, -0.05) is 6.07 Å². The Balaban J connectivity index is 1.74. The van der Waals surface area contributed by atoms with E-state index in [0.29, 0.717) is 0 Å². The maximum atomic E-state index is 4.74. The summed E-state index contributed by atoms with van der Waals surface area (Å²) in [5.41, 5.74) is 2.64. The van der Waals surface area contributed by atoms with Crippen LogP contribution in [0.1, 0.15) is 18.4 Å². The molecule has 2 aliphatic rings. The first-order valence-corrected chi connectivity index (χ1v) is 6.35. The van der Waals surface area contributed by atoms with Crippen molar-refractivity contribution < 1.29 is 0 Å². The fourth-order valence-electron chi connectivity index (χ4n) is 2.67. The molecule has 4 heteroatoms. The fourth-order valence-corrected chi connectivity index (χ4v) is 2.67. The number of nitrogens with one attached hydrogen (secondary N) is 2. The molecule has 1 aromatic rings. The number of fused-ring (bicyclic) bond motifs is 1. The van der Waals surface area contributed by atoms with Gasteiger partial charge in [0.15, 0.2) is 7.28 Å². The summed E-state index contributed by atoms with van der Waals surface area (Å²) >= 11 is 0. The molecule has 3 rings (SSSR count). The Kier molecular flexibility index (Phi) is 2.83. The molecule has 3 heterocycles. The van der Waals surface area contributed by atoms with E-state index in [2.05, 4.69) is 22.8 Å². The SMILES string of the molecule is B(c1ccc2c(n1)NCCC2)C1CCNC1. The molecule has 0 spiro atoms. The lowest BCUT2D eigenvalue weighted by molar-refractivity contribution is 0.819. The first kappa shape index (κ1) is 10.1. The van der Waals surface area contributed by atoms with Gasteiger partial charge in [0.25, 0.3) is 0 Å².